The quantitative estimate of drug-likeness (QED) is 0.159. The zero-order chi connectivity index (χ0) is 27.5. The fourth-order valence-corrected chi connectivity index (χ4v) is 6.14. The summed E-state index contributed by atoms with van der Waals surface area (Å²) in [5, 5.41) is 13.2. The van der Waals surface area contributed by atoms with Crippen molar-refractivity contribution < 1.29 is 28.9 Å². The topological polar surface area (TPSA) is 98.2 Å². The number of hydrogen-bond donors (Lipinski definition) is 1. The van der Waals surface area contributed by atoms with Gasteiger partial charge in [-0.15, -0.1) is 11.3 Å². The number of thiazole rings is 1. The van der Waals surface area contributed by atoms with Crippen molar-refractivity contribution in [3.8, 4) is 17.2 Å². The number of aliphatic hydroxyl groups is 1. The molecule has 1 N–H and O–H groups in total. The molecule has 0 saturated carbocycles. The van der Waals surface area contributed by atoms with Gasteiger partial charge in [0.1, 0.15) is 5.75 Å². The highest BCUT2D eigenvalue weighted by molar-refractivity contribution is 7.22. The molecule has 1 aliphatic rings. The van der Waals surface area contributed by atoms with Gasteiger partial charge in [-0.3, -0.25) is 14.5 Å². The largest absolute Gasteiger partial charge is 0.503 e. The second kappa shape index (κ2) is 11.5. The molecule has 10 heteroatoms. The first-order valence-electron chi connectivity index (χ1n) is 12.7. The Morgan fingerprint density at radius 2 is 1.95 bits per heavy atom. The number of fused-ring (bicyclic) bond motifs is 1. The van der Waals surface area contributed by atoms with Crippen LogP contribution in [0.3, 0.4) is 0 Å². The standard InChI is InChI=1S/C29H28N2O6S2/c1-4-6-13-37-20-12-9-17(15-21(20)35-3)25-24(26(32)22-8-7-14-38-22)27(33)28(34)31(25)29-30-19-11-10-18(36-5-2)16-23(19)39-29/h7-12,14-16,25,33H,4-6,13H2,1-3H3. The molecule has 1 amide bonds. The third kappa shape index (κ3) is 5.09. The van der Waals surface area contributed by atoms with Crippen LogP contribution in [0.5, 0.6) is 17.2 Å². The number of carbonyl (C=O) groups is 2. The zero-order valence-corrected chi connectivity index (χ0v) is 23.4. The highest BCUT2D eigenvalue weighted by Gasteiger charge is 2.46. The highest BCUT2D eigenvalue weighted by Crippen LogP contribution is 2.46. The lowest BCUT2D eigenvalue weighted by molar-refractivity contribution is -0.117. The minimum Gasteiger partial charge on any atom is -0.503 e. The summed E-state index contributed by atoms with van der Waals surface area (Å²) in [7, 11) is 1.54. The maximum absolute atomic E-state index is 13.6. The summed E-state index contributed by atoms with van der Waals surface area (Å²) in [4.78, 5) is 33.7. The normalized spacial score (nSPS) is 15.3. The van der Waals surface area contributed by atoms with Crippen LogP contribution in [0.4, 0.5) is 5.13 Å². The van der Waals surface area contributed by atoms with E-state index in [-0.39, 0.29) is 5.57 Å². The molecular formula is C29H28N2O6S2. The number of rotatable bonds is 11. The lowest BCUT2D eigenvalue weighted by Gasteiger charge is -2.25. The molecule has 0 fully saturated rings. The van der Waals surface area contributed by atoms with E-state index in [1.165, 1.54) is 34.7 Å². The number of carbonyl (C=O) groups excluding carboxylic acids is 2. The van der Waals surface area contributed by atoms with Gasteiger partial charge in [-0.25, -0.2) is 4.98 Å². The van der Waals surface area contributed by atoms with Gasteiger partial charge in [0.2, 0.25) is 5.78 Å². The average molecular weight is 565 g/mol. The van der Waals surface area contributed by atoms with Crippen molar-refractivity contribution in [2.75, 3.05) is 25.2 Å². The predicted molar refractivity (Wildman–Crippen MR) is 153 cm³/mol. The van der Waals surface area contributed by atoms with Crippen LogP contribution >= 0.6 is 22.7 Å². The third-order valence-electron chi connectivity index (χ3n) is 6.32. The number of thiophene rings is 1. The van der Waals surface area contributed by atoms with Gasteiger partial charge in [-0.1, -0.05) is 36.8 Å². The van der Waals surface area contributed by atoms with E-state index in [2.05, 4.69) is 11.9 Å². The smallest absolute Gasteiger partial charge is 0.296 e. The Morgan fingerprint density at radius 1 is 1.10 bits per heavy atom. The van der Waals surface area contributed by atoms with Crippen molar-refractivity contribution in [1.82, 2.24) is 4.98 Å². The van der Waals surface area contributed by atoms with Crippen molar-refractivity contribution >= 4 is 49.7 Å². The summed E-state index contributed by atoms with van der Waals surface area (Å²) in [5.41, 5.74) is 1.26. The third-order valence-corrected chi connectivity index (χ3v) is 8.21. The summed E-state index contributed by atoms with van der Waals surface area (Å²) in [5.74, 6) is 0.0400. The van der Waals surface area contributed by atoms with Crippen LogP contribution in [0.1, 0.15) is 48.0 Å². The van der Waals surface area contributed by atoms with Gasteiger partial charge >= 0.3 is 0 Å². The van der Waals surface area contributed by atoms with E-state index in [0.29, 0.717) is 51.6 Å². The first-order chi connectivity index (χ1) is 19.0. The molecule has 2 aromatic heterocycles. The van der Waals surface area contributed by atoms with Crippen LogP contribution in [0.25, 0.3) is 10.2 Å². The minimum atomic E-state index is -0.919. The number of unbranched alkanes of at least 4 members (excludes halogenated alkanes) is 1. The Morgan fingerprint density at radius 3 is 2.67 bits per heavy atom. The monoisotopic (exact) mass is 564 g/mol. The Kier molecular flexibility index (Phi) is 7.85. The molecule has 0 bridgehead atoms. The highest BCUT2D eigenvalue weighted by atomic mass is 32.1. The predicted octanol–water partition coefficient (Wildman–Crippen LogP) is 6.73. The summed E-state index contributed by atoms with van der Waals surface area (Å²) < 4.78 is 17.9. The fourth-order valence-electron chi connectivity index (χ4n) is 4.44. The van der Waals surface area contributed by atoms with Gasteiger partial charge in [0.15, 0.2) is 22.4 Å². The van der Waals surface area contributed by atoms with Gasteiger partial charge < -0.3 is 19.3 Å². The average Bonchev–Trinajstić information content (AvgIpc) is 3.67. The van der Waals surface area contributed by atoms with Crippen LogP contribution in [-0.4, -0.2) is 42.1 Å². The van der Waals surface area contributed by atoms with Gasteiger partial charge in [-0.05, 0) is 60.7 Å². The number of Topliss-reactive ketones (excluding diaryl/α,β-unsaturated/α-hetero) is 1. The molecule has 2 aromatic carbocycles. The summed E-state index contributed by atoms with van der Waals surface area (Å²) in [6.45, 7) is 5.05. The molecule has 202 valence electrons. The molecule has 0 spiro atoms. The van der Waals surface area contributed by atoms with E-state index >= 15 is 0 Å². The fraction of sp³-hybridized carbons (Fsp3) is 0.276. The Balaban J connectivity index is 1.62. The molecule has 0 aliphatic carbocycles. The number of ketones is 1. The lowest BCUT2D eigenvalue weighted by Crippen LogP contribution is -2.31. The summed E-state index contributed by atoms with van der Waals surface area (Å²) >= 11 is 2.54. The molecule has 1 unspecified atom stereocenters. The van der Waals surface area contributed by atoms with E-state index in [9.17, 15) is 14.7 Å². The second-order valence-corrected chi connectivity index (χ2v) is 10.8. The molecule has 4 aromatic rings. The summed E-state index contributed by atoms with van der Waals surface area (Å²) in [6, 6.07) is 13.3. The Labute approximate surface area is 234 Å². The van der Waals surface area contributed by atoms with Crippen LogP contribution in [0.2, 0.25) is 0 Å². The van der Waals surface area contributed by atoms with Gasteiger partial charge in [0, 0.05) is 0 Å². The van der Waals surface area contributed by atoms with Gasteiger partial charge in [0.05, 0.1) is 47.0 Å². The number of aromatic nitrogens is 1. The lowest BCUT2D eigenvalue weighted by atomic mass is 9.95. The van der Waals surface area contributed by atoms with E-state index in [4.69, 9.17) is 14.2 Å². The number of benzene rings is 2. The second-order valence-electron chi connectivity index (χ2n) is 8.82. The first kappa shape index (κ1) is 26.7. The molecule has 1 aliphatic heterocycles. The number of hydrogen-bond acceptors (Lipinski definition) is 9. The van der Waals surface area contributed by atoms with Crippen molar-refractivity contribution in [2.45, 2.75) is 32.7 Å². The molecule has 0 saturated heterocycles. The summed E-state index contributed by atoms with van der Waals surface area (Å²) in [6.07, 6.45) is 1.89. The van der Waals surface area contributed by atoms with E-state index < -0.39 is 23.5 Å². The molecular weight excluding hydrogens is 536 g/mol. The molecule has 39 heavy (non-hydrogen) atoms. The molecule has 0 radical (unpaired) electrons. The number of anilines is 1. The number of methoxy groups -OCH3 is 1. The van der Waals surface area contributed by atoms with Gasteiger partial charge in [-0.2, -0.15) is 0 Å². The Hall–Kier alpha value is -3.89. The maximum Gasteiger partial charge on any atom is 0.296 e. The van der Waals surface area contributed by atoms with Crippen LogP contribution in [-0.2, 0) is 4.79 Å². The van der Waals surface area contributed by atoms with Crippen LogP contribution in [0.15, 0.2) is 65.2 Å². The minimum absolute atomic E-state index is 0.00147. The van der Waals surface area contributed by atoms with Crippen molar-refractivity contribution in [2.24, 2.45) is 0 Å². The maximum atomic E-state index is 13.6. The number of nitrogens with zero attached hydrogens (tertiary/aromatic N) is 2. The number of aliphatic hydroxyl groups excluding tert-OH is 1. The molecule has 1 atom stereocenters. The SMILES string of the molecule is CCCCOc1ccc(C2C(C(=O)c3cccs3)=C(O)C(=O)N2c2nc3ccc(OCC)cc3s2)cc1OC. The van der Waals surface area contributed by atoms with Gasteiger partial charge in [0.25, 0.3) is 5.91 Å². The zero-order valence-electron chi connectivity index (χ0n) is 21.8. The molecule has 5 rings (SSSR count). The van der Waals surface area contributed by atoms with Crippen molar-refractivity contribution in [3.05, 3.63) is 75.7 Å². The Bertz CT molecular complexity index is 1540. The van der Waals surface area contributed by atoms with E-state index in [1.807, 2.05) is 25.1 Å². The van der Waals surface area contributed by atoms with Crippen LogP contribution < -0.4 is 19.1 Å². The van der Waals surface area contributed by atoms with Crippen molar-refractivity contribution in [3.63, 3.8) is 0 Å². The first-order valence-corrected chi connectivity index (χ1v) is 14.3. The molecule has 8 nitrogen and oxygen atoms in total. The number of ether oxygens (including phenoxy) is 3. The number of amides is 1. The van der Waals surface area contributed by atoms with Crippen molar-refractivity contribution in [1.29, 1.82) is 0 Å². The van der Waals surface area contributed by atoms with Crippen LogP contribution in [0, 0.1) is 0 Å². The molecule has 3 heterocycles. The van der Waals surface area contributed by atoms with E-state index in [1.54, 1.807) is 35.7 Å². The van der Waals surface area contributed by atoms with E-state index in [0.717, 1.165) is 17.5 Å².